The second-order valence-electron chi connectivity index (χ2n) is 8.30. The molecule has 2 heterocycles. The van der Waals surface area contributed by atoms with E-state index in [4.69, 9.17) is 14.2 Å². The van der Waals surface area contributed by atoms with E-state index in [-0.39, 0.29) is 17.7 Å². The van der Waals surface area contributed by atoms with Gasteiger partial charge in [0.15, 0.2) is 4.80 Å². The number of allylic oxidation sites excluding steroid dienone is 1. The minimum Gasteiger partial charge on any atom is -0.458 e. The van der Waals surface area contributed by atoms with Crippen LogP contribution in [0.1, 0.15) is 37.9 Å². The van der Waals surface area contributed by atoms with E-state index < -0.39 is 23.9 Å². The summed E-state index contributed by atoms with van der Waals surface area (Å²) in [6.45, 7) is 7.87. The summed E-state index contributed by atoms with van der Waals surface area (Å²) in [5.41, 5.74) is 1.52. The van der Waals surface area contributed by atoms with Crippen LogP contribution in [0.25, 0.3) is 6.08 Å². The highest BCUT2D eigenvalue weighted by atomic mass is 32.1. The molecule has 1 atom stereocenters. The summed E-state index contributed by atoms with van der Waals surface area (Å²) < 4.78 is 17.4. The van der Waals surface area contributed by atoms with Crippen molar-refractivity contribution in [2.45, 2.75) is 26.8 Å². The van der Waals surface area contributed by atoms with E-state index in [9.17, 15) is 19.2 Å². The largest absolute Gasteiger partial charge is 0.458 e. The van der Waals surface area contributed by atoms with E-state index in [0.717, 1.165) is 0 Å². The van der Waals surface area contributed by atoms with Crippen molar-refractivity contribution in [3.8, 4) is 11.5 Å². The van der Waals surface area contributed by atoms with Crippen molar-refractivity contribution >= 4 is 35.3 Å². The molecule has 3 aromatic rings. The molecule has 10 heteroatoms. The molecule has 4 rings (SSSR count). The predicted octanol–water partition coefficient (Wildman–Crippen LogP) is 2.82. The van der Waals surface area contributed by atoms with Crippen LogP contribution in [0.2, 0.25) is 0 Å². The summed E-state index contributed by atoms with van der Waals surface area (Å²) in [5, 5.41) is 0. The Kier molecular flexibility index (Phi) is 7.82. The number of hydrogen-bond donors (Lipinski definition) is 0. The molecule has 1 aliphatic rings. The van der Waals surface area contributed by atoms with E-state index in [1.54, 1.807) is 61.5 Å². The molecule has 9 nitrogen and oxygen atoms in total. The number of hydrogen-bond acceptors (Lipinski definition) is 9. The minimum absolute atomic E-state index is 0.00316. The van der Waals surface area contributed by atoms with Gasteiger partial charge in [-0.15, -0.1) is 0 Å². The summed E-state index contributed by atoms with van der Waals surface area (Å²) in [6.07, 6.45) is 3.13. The quantitative estimate of drug-likeness (QED) is 0.261. The molecule has 1 aliphatic heterocycles. The van der Waals surface area contributed by atoms with Gasteiger partial charge in [-0.3, -0.25) is 19.0 Å². The molecular formula is C28H24N2O7S. The third-order valence-corrected chi connectivity index (χ3v) is 6.43. The van der Waals surface area contributed by atoms with E-state index in [2.05, 4.69) is 11.6 Å². The monoisotopic (exact) mass is 532 g/mol. The summed E-state index contributed by atoms with van der Waals surface area (Å²) >= 11 is 1.17. The van der Waals surface area contributed by atoms with E-state index in [1.165, 1.54) is 35.8 Å². The lowest BCUT2D eigenvalue weighted by Gasteiger charge is -2.24. The van der Waals surface area contributed by atoms with Crippen LogP contribution in [0, 0.1) is 0 Å². The second kappa shape index (κ2) is 11.2. The zero-order valence-electron chi connectivity index (χ0n) is 20.9. The third kappa shape index (κ3) is 5.70. The predicted molar refractivity (Wildman–Crippen MR) is 140 cm³/mol. The molecule has 0 saturated carbocycles. The Bertz CT molecular complexity index is 1650. The molecule has 0 N–H and O–H groups in total. The van der Waals surface area contributed by atoms with Crippen LogP contribution < -0.4 is 24.4 Å². The van der Waals surface area contributed by atoms with Crippen molar-refractivity contribution in [2.75, 3.05) is 6.61 Å². The molecule has 0 fully saturated rings. The summed E-state index contributed by atoms with van der Waals surface area (Å²) in [7, 11) is 0. The first-order valence-corrected chi connectivity index (χ1v) is 12.4. The van der Waals surface area contributed by atoms with Crippen molar-refractivity contribution in [1.29, 1.82) is 0 Å². The number of thiazole rings is 1. The summed E-state index contributed by atoms with van der Waals surface area (Å²) in [4.78, 5) is 54.4. The average Bonchev–Trinajstić information content (AvgIpc) is 3.16. The lowest BCUT2D eigenvalue weighted by atomic mass is 9.96. The number of carbonyl (C=O) groups excluding carboxylic acids is 3. The molecule has 0 spiro atoms. The molecule has 194 valence electrons. The number of ether oxygens (including phenoxy) is 3. The maximum atomic E-state index is 13.7. The van der Waals surface area contributed by atoms with Gasteiger partial charge in [0, 0.05) is 13.8 Å². The molecule has 1 unspecified atom stereocenters. The first-order chi connectivity index (χ1) is 18.2. The number of esters is 3. The zero-order chi connectivity index (χ0) is 27.4. The Labute approximate surface area is 221 Å². The number of rotatable bonds is 7. The highest BCUT2D eigenvalue weighted by Crippen LogP contribution is 2.31. The molecule has 0 aliphatic carbocycles. The molecule has 0 bridgehead atoms. The van der Waals surface area contributed by atoms with Gasteiger partial charge in [0.25, 0.3) is 5.56 Å². The van der Waals surface area contributed by atoms with Crippen LogP contribution in [0.15, 0.2) is 82.2 Å². The number of benzene rings is 2. The lowest BCUT2D eigenvalue weighted by molar-refractivity contribution is -0.138. The minimum atomic E-state index is -0.829. The SMILES string of the molecule is C=CCOC(=O)C1=C(C)N=c2sc(=Cc3cccc(OC(C)=O)c3)c(=O)n2C1c1ccc(OC(C)=O)cc1. The molecule has 1 aromatic heterocycles. The van der Waals surface area contributed by atoms with Crippen LogP contribution >= 0.6 is 11.3 Å². The van der Waals surface area contributed by atoms with Crippen molar-refractivity contribution in [3.05, 3.63) is 103 Å². The van der Waals surface area contributed by atoms with Crippen LogP contribution in [-0.4, -0.2) is 29.1 Å². The van der Waals surface area contributed by atoms with Crippen LogP contribution in [0.5, 0.6) is 11.5 Å². The van der Waals surface area contributed by atoms with Crippen molar-refractivity contribution in [1.82, 2.24) is 4.57 Å². The summed E-state index contributed by atoms with van der Waals surface area (Å²) in [6, 6.07) is 12.5. The molecule has 0 radical (unpaired) electrons. The molecular weight excluding hydrogens is 508 g/mol. The topological polar surface area (TPSA) is 113 Å². The Balaban J connectivity index is 1.86. The molecule has 38 heavy (non-hydrogen) atoms. The Morgan fingerprint density at radius 1 is 1.05 bits per heavy atom. The van der Waals surface area contributed by atoms with Gasteiger partial charge in [-0.1, -0.05) is 48.3 Å². The van der Waals surface area contributed by atoms with Gasteiger partial charge in [-0.2, -0.15) is 0 Å². The number of carbonyl (C=O) groups is 3. The number of aromatic nitrogens is 1. The Morgan fingerprint density at radius 2 is 1.74 bits per heavy atom. The van der Waals surface area contributed by atoms with Gasteiger partial charge in [-0.05, 0) is 48.4 Å². The second-order valence-corrected chi connectivity index (χ2v) is 9.31. The first kappa shape index (κ1) is 26.5. The highest BCUT2D eigenvalue weighted by Gasteiger charge is 2.33. The highest BCUT2D eigenvalue weighted by molar-refractivity contribution is 7.07. The third-order valence-electron chi connectivity index (χ3n) is 5.45. The van der Waals surface area contributed by atoms with Gasteiger partial charge in [-0.25, -0.2) is 9.79 Å². The number of fused-ring (bicyclic) bond motifs is 1. The van der Waals surface area contributed by atoms with Crippen LogP contribution in [0.4, 0.5) is 0 Å². The molecule has 0 amide bonds. The molecule has 2 aromatic carbocycles. The van der Waals surface area contributed by atoms with Crippen molar-refractivity contribution in [3.63, 3.8) is 0 Å². The standard InChI is InChI=1S/C28H24N2O7S/c1-5-13-35-27(34)24-16(2)29-28-30(25(24)20-9-11-21(12-10-20)36-17(3)31)26(33)23(38-28)15-19-7-6-8-22(14-19)37-18(4)32/h5-12,14-15,25H,1,13H2,2-4H3. The van der Waals surface area contributed by atoms with Gasteiger partial charge in [0.1, 0.15) is 18.1 Å². The van der Waals surface area contributed by atoms with Gasteiger partial charge < -0.3 is 14.2 Å². The Morgan fingerprint density at radius 3 is 2.39 bits per heavy atom. The smallest absolute Gasteiger partial charge is 0.338 e. The fourth-order valence-electron chi connectivity index (χ4n) is 3.98. The van der Waals surface area contributed by atoms with E-state index in [0.29, 0.717) is 37.7 Å². The van der Waals surface area contributed by atoms with Gasteiger partial charge in [0.05, 0.1) is 21.8 Å². The maximum Gasteiger partial charge on any atom is 0.338 e. The van der Waals surface area contributed by atoms with E-state index >= 15 is 0 Å². The molecule has 0 saturated heterocycles. The van der Waals surface area contributed by atoms with Crippen molar-refractivity contribution < 1.29 is 28.6 Å². The van der Waals surface area contributed by atoms with Crippen LogP contribution in [0.3, 0.4) is 0 Å². The first-order valence-electron chi connectivity index (χ1n) is 11.6. The normalized spacial score (nSPS) is 14.8. The van der Waals surface area contributed by atoms with Crippen LogP contribution in [-0.2, 0) is 19.1 Å². The number of nitrogens with zero attached hydrogens (tertiary/aromatic N) is 2. The summed E-state index contributed by atoms with van der Waals surface area (Å²) in [5.74, 6) is -0.852. The fourth-order valence-corrected chi connectivity index (χ4v) is 5.03. The Hall–Kier alpha value is -4.57. The fraction of sp³-hybridized carbons (Fsp3) is 0.179. The van der Waals surface area contributed by atoms with Gasteiger partial charge >= 0.3 is 17.9 Å². The van der Waals surface area contributed by atoms with Crippen molar-refractivity contribution in [2.24, 2.45) is 4.99 Å². The lowest BCUT2D eigenvalue weighted by Crippen LogP contribution is -2.39. The zero-order valence-corrected chi connectivity index (χ0v) is 21.7. The van der Waals surface area contributed by atoms with Gasteiger partial charge in [0.2, 0.25) is 0 Å². The maximum absolute atomic E-state index is 13.7. The van der Waals surface area contributed by atoms with E-state index in [1.807, 2.05) is 0 Å². The average molecular weight is 533 g/mol.